The summed E-state index contributed by atoms with van der Waals surface area (Å²) in [6.07, 6.45) is 0. The second-order valence-corrected chi connectivity index (χ2v) is 4.66. The molecule has 2 rings (SSSR count). The number of hydrogen-bond donors (Lipinski definition) is 0. The molecule has 0 amide bonds. The number of ether oxygens (including phenoxy) is 2. The van der Waals surface area contributed by atoms with Crippen LogP contribution < -0.4 is 9.47 Å². The molecular weight excluding hydrogens is 252 g/mol. The molecule has 0 N–H and O–H groups in total. The molecule has 0 unspecified atom stereocenters. The van der Waals surface area contributed by atoms with Crippen molar-refractivity contribution in [3.8, 4) is 11.5 Å². The van der Waals surface area contributed by atoms with Crippen LogP contribution >= 0.6 is 0 Å². The number of hydrogen-bond acceptors (Lipinski definition) is 3. The summed E-state index contributed by atoms with van der Waals surface area (Å²) >= 11 is 0. The van der Waals surface area contributed by atoms with E-state index in [4.69, 9.17) is 9.47 Å². The molecule has 0 atom stereocenters. The Morgan fingerprint density at radius 1 is 1.05 bits per heavy atom. The van der Waals surface area contributed by atoms with Gasteiger partial charge in [0.1, 0.15) is 11.5 Å². The maximum absolute atomic E-state index is 12.2. The van der Waals surface area contributed by atoms with Crippen molar-refractivity contribution in [1.29, 1.82) is 0 Å². The van der Waals surface area contributed by atoms with Crippen LogP contribution in [0.25, 0.3) is 0 Å². The van der Waals surface area contributed by atoms with Gasteiger partial charge in [-0.2, -0.15) is 0 Å². The molecule has 0 saturated carbocycles. The maximum atomic E-state index is 12.2. The molecule has 3 heteroatoms. The van der Waals surface area contributed by atoms with Crippen molar-refractivity contribution in [2.24, 2.45) is 0 Å². The minimum atomic E-state index is -0.0305. The summed E-state index contributed by atoms with van der Waals surface area (Å²) in [6, 6.07) is 13.1. The van der Waals surface area contributed by atoms with E-state index in [1.54, 1.807) is 7.11 Å². The smallest absolute Gasteiger partial charge is 0.200 e. The van der Waals surface area contributed by atoms with E-state index in [0.717, 1.165) is 16.9 Å². The Morgan fingerprint density at radius 2 is 1.75 bits per heavy atom. The minimum absolute atomic E-state index is 0.0305. The molecule has 2 aromatic carbocycles. The van der Waals surface area contributed by atoms with Gasteiger partial charge >= 0.3 is 0 Å². The summed E-state index contributed by atoms with van der Waals surface area (Å²) in [5.41, 5.74) is 2.52. The molecule has 0 spiro atoms. The predicted molar refractivity (Wildman–Crippen MR) is 78.7 cm³/mol. The van der Waals surface area contributed by atoms with Crippen LogP contribution in [0.3, 0.4) is 0 Å². The van der Waals surface area contributed by atoms with Crippen molar-refractivity contribution in [3.63, 3.8) is 0 Å². The van der Waals surface area contributed by atoms with E-state index in [2.05, 4.69) is 0 Å². The lowest BCUT2D eigenvalue weighted by molar-refractivity contribution is 0.0921. The average Bonchev–Trinajstić information content (AvgIpc) is 2.47. The Hall–Kier alpha value is -2.29. The molecule has 0 heterocycles. The minimum Gasteiger partial charge on any atom is -0.496 e. The van der Waals surface area contributed by atoms with Crippen LogP contribution in [-0.2, 0) is 0 Å². The number of para-hydroxylation sites is 1. The lowest BCUT2D eigenvalue weighted by atomic mass is 10.0. The Balaban J connectivity index is 2.11. The largest absolute Gasteiger partial charge is 0.496 e. The normalized spacial score (nSPS) is 10.2. The van der Waals surface area contributed by atoms with Crippen molar-refractivity contribution >= 4 is 5.78 Å². The van der Waals surface area contributed by atoms with Crippen molar-refractivity contribution in [3.05, 3.63) is 59.2 Å². The van der Waals surface area contributed by atoms with Crippen molar-refractivity contribution in [2.75, 3.05) is 13.7 Å². The van der Waals surface area contributed by atoms with Gasteiger partial charge in [-0.25, -0.2) is 0 Å². The third-order valence-electron chi connectivity index (χ3n) is 3.16. The predicted octanol–water partition coefficient (Wildman–Crippen LogP) is 3.57. The van der Waals surface area contributed by atoms with Crippen LogP contribution in [0.15, 0.2) is 42.5 Å². The summed E-state index contributed by atoms with van der Waals surface area (Å²) in [4.78, 5) is 12.2. The number of benzene rings is 2. The topological polar surface area (TPSA) is 35.5 Å². The van der Waals surface area contributed by atoms with Crippen LogP contribution in [0.5, 0.6) is 11.5 Å². The van der Waals surface area contributed by atoms with Crippen molar-refractivity contribution < 1.29 is 14.3 Å². The molecule has 20 heavy (non-hydrogen) atoms. The number of carbonyl (C=O) groups excluding carboxylic acids is 1. The quantitative estimate of drug-likeness (QED) is 0.779. The molecule has 0 saturated heterocycles. The summed E-state index contributed by atoms with van der Waals surface area (Å²) in [7, 11) is 1.63. The van der Waals surface area contributed by atoms with E-state index in [9.17, 15) is 4.79 Å². The maximum Gasteiger partial charge on any atom is 0.200 e. The van der Waals surface area contributed by atoms with Crippen molar-refractivity contribution in [1.82, 2.24) is 0 Å². The van der Waals surface area contributed by atoms with Gasteiger partial charge in [0.2, 0.25) is 0 Å². The number of methoxy groups -OCH3 is 1. The number of aryl methyl sites for hydroxylation is 2. The first-order valence-electron chi connectivity index (χ1n) is 6.48. The third kappa shape index (κ3) is 3.18. The number of ketones is 1. The number of carbonyl (C=O) groups is 1. The summed E-state index contributed by atoms with van der Waals surface area (Å²) in [5.74, 6) is 1.46. The molecule has 0 radical (unpaired) electrons. The van der Waals surface area contributed by atoms with Crippen LogP contribution in [0, 0.1) is 13.8 Å². The molecule has 3 nitrogen and oxygen atoms in total. The highest BCUT2D eigenvalue weighted by Gasteiger charge is 2.12. The summed E-state index contributed by atoms with van der Waals surface area (Å²) in [6.45, 7) is 3.86. The lowest BCUT2D eigenvalue weighted by Gasteiger charge is -2.11. The van der Waals surface area contributed by atoms with E-state index in [1.165, 1.54) is 0 Å². The lowest BCUT2D eigenvalue weighted by Crippen LogP contribution is -2.13. The molecule has 0 fully saturated rings. The monoisotopic (exact) mass is 270 g/mol. The van der Waals surface area contributed by atoms with Gasteiger partial charge in [0.25, 0.3) is 0 Å². The molecule has 0 aliphatic carbocycles. The zero-order valence-electron chi connectivity index (χ0n) is 12.0. The molecule has 0 bridgehead atoms. The van der Waals surface area contributed by atoms with Gasteiger partial charge in [-0.1, -0.05) is 18.2 Å². The Morgan fingerprint density at radius 3 is 2.40 bits per heavy atom. The Kier molecular flexibility index (Phi) is 4.41. The van der Waals surface area contributed by atoms with Gasteiger partial charge < -0.3 is 9.47 Å². The van der Waals surface area contributed by atoms with Gasteiger partial charge in [-0.15, -0.1) is 0 Å². The average molecular weight is 270 g/mol. The summed E-state index contributed by atoms with van der Waals surface area (Å²) < 4.78 is 10.7. The van der Waals surface area contributed by atoms with E-state index < -0.39 is 0 Å². The van der Waals surface area contributed by atoms with E-state index in [-0.39, 0.29) is 12.4 Å². The number of rotatable bonds is 5. The van der Waals surface area contributed by atoms with Crippen LogP contribution in [0.1, 0.15) is 21.5 Å². The molecule has 2 aromatic rings. The fourth-order valence-corrected chi connectivity index (χ4v) is 2.05. The fraction of sp³-hybridized carbons (Fsp3) is 0.235. The Bertz CT molecular complexity index is 603. The highest BCUT2D eigenvalue weighted by molar-refractivity contribution is 5.99. The molecule has 0 aliphatic rings. The van der Waals surface area contributed by atoms with Crippen molar-refractivity contribution in [2.45, 2.75) is 13.8 Å². The van der Waals surface area contributed by atoms with Gasteiger partial charge in [0.05, 0.1) is 7.11 Å². The summed E-state index contributed by atoms with van der Waals surface area (Å²) in [5, 5.41) is 0. The second-order valence-electron chi connectivity index (χ2n) is 4.66. The first kappa shape index (κ1) is 14.1. The van der Waals surface area contributed by atoms with Crippen LogP contribution in [-0.4, -0.2) is 19.5 Å². The molecule has 104 valence electrons. The highest BCUT2D eigenvalue weighted by atomic mass is 16.5. The fourth-order valence-electron chi connectivity index (χ4n) is 2.05. The number of Topliss-reactive ketones (excluding diaryl/α,β-unsaturated/α-hetero) is 1. The highest BCUT2D eigenvalue weighted by Crippen LogP contribution is 2.23. The zero-order valence-corrected chi connectivity index (χ0v) is 12.0. The SMILES string of the molecule is COc1cc(C)c(C(=O)COc2ccccc2)cc1C. The molecule has 0 aliphatic heterocycles. The van der Waals surface area contributed by atoms with E-state index >= 15 is 0 Å². The first-order chi connectivity index (χ1) is 9.61. The second kappa shape index (κ2) is 6.24. The van der Waals surface area contributed by atoms with Crippen LogP contribution in [0.4, 0.5) is 0 Å². The molecular formula is C17H18O3. The van der Waals surface area contributed by atoms with Crippen LogP contribution in [0.2, 0.25) is 0 Å². The standard InChI is InChI=1S/C17H18O3/c1-12-10-17(19-3)13(2)9-15(12)16(18)11-20-14-7-5-4-6-8-14/h4-10H,11H2,1-3H3. The van der Waals surface area contributed by atoms with Gasteiger partial charge in [0.15, 0.2) is 12.4 Å². The first-order valence-corrected chi connectivity index (χ1v) is 6.48. The van der Waals surface area contributed by atoms with E-state index in [0.29, 0.717) is 11.3 Å². The zero-order chi connectivity index (χ0) is 14.5. The third-order valence-corrected chi connectivity index (χ3v) is 3.16. The van der Waals surface area contributed by atoms with Gasteiger partial charge in [0, 0.05) is 5.56 Å². The van der Waals surface area contributed by atoms with E-state index in [1.807, 2.05) is 56.3 Å². The van der Waals surface area contributed by atoms with Gasteiger partial charge in [-0.3, -0.25) is 4.79 Å². The van der Waals surface area contributed by atoms with Gasteiger partial charge in [-0.05, 0) is 49.2 Å². The Labute approximate surface area is 119 Å². The molecule has 0 aromatic heterocycles.